The summed E-state index contributed by atoms with van der Waals surface area (Å²) in [4.78, 5) is 25.1. The van der Waals surface area contributed by atoms with Crippen molar-refractivity contribution in [2.75, 3.05) is 18.4 Å². The first-order chi connectivity index (χ1) is 15.1. The number of carbonyl (C=O) groups is 2. The van der Waals surface area contributed by atoms with Crippen molar-refractivity contribution in [3.8, 4) is 0 Å². The van der Waals surface area contributed by atoms with E-state index in [2.05, 4.69) is 10.6 Å². The van der Waals surface area contributed by atoms with Crippen LogP contribution < -0.4 is 10.6 Å². The predicted molar refractivity (Wildman–Crippen MR) is 121 cm³/mol. The van der Waals surface area contributed by atoms with Gasteiger partial charge in [-0.2, -0.15) is 4.31 Å². The molecule has 32 heavy (non-hydrogen) atoms. The quantitative estimate of drug-likeness (QED) is 0.658. The lowest BCUT2D eigenvalue weighted by molar-refractivity contribution is -0.120. The lowest BCUT2D eigenvalue weighted by atomic mass is 9.97. The Hall–Kier alpha value is -2.49. The smallest absolute Gasteiger partial charge is 0.253 e. The van der Waals surface area contributed by atoms with Crippen LogP contribution in [0.2, 0.25) is 5.02 Å². The van der Waals surface area contributed by atoms with Gasteiger partial charge in [0.05, 0.1) is 21.2 Å². The number of piperidine rings is 1. The second-order valence-electron chi connectivity index (χ2n) is 7.92. The average Bonchev–Trinajstić information content (AvgIpc) is 2.75. The minimum Gasteiger partial charge on any atom is -0.350 e. The van der Waals surface area contributed by atoms with Crippen molar-refractivity contribution >= 4 is 39.1 Å². The normalized spacial score (nSPS) is 15.5. The summed E-state index contributed by atoms with van der Waals surface area (Å²) in [6.45, 7) is 3.98. The van der Waals surface area contributed by atoms with E-state index in [1.807, 2.05) is 13.8 Å². The highest BCUT2D eigenvalue weighted by atomic mass is 35.5. The summed E-state index contributed by atoms with van der Waals surface area (Å²) in [7, 11) is -3.84. The van der Waals surface area contributed by atoms with Crippen LogP contribution in [-0.2, 0) is 14.8 Å². The van der Waals surface area contributed by atoms with E-state index in [9.17, 15) is 22.4 Å². The Morgan fingerprint density at radius 2 is 1.78 bits per heavy atom. The highest BCUT2D eigenvalue weighted by Crippen LogP contribution is 2.27. The molecule has 0 radical (unpaired) electrons. The summed E-state index contributed by atoms with van der Waals surface area (Å²) in [5, 5.41) is 5.34. The summed E-state index contributed by atoms with van der Waals surface area (Å²) >= 11 is 5.72. The highest BCUT2D eigenvalue weighted by molar-refractivity contribution is 7.89. The van der Waals surface area contributed by atoms with Crippen molar-refractivity contribution in [1.82, 2.24) is 9.62 Å². The largest absolute Gasteiger partial charge is 0.350 e. The van der Waals surface area contributed by atoms with Crippen molar-refractivity contribution in [2.45, 2.75) is 37.6 Å². The molecule has 0 unspecified atom stereocenters. The molecule has 1 heterocycles. The summed E-state index contributed by atoms with van der Waals surface area (Å²) in [6, 6.07) is 9.97. The number of amides is 2. The Morgan fingerprint density at radius 1 is 1.12 bits per heavy atom. The van der Waals surface area contributed by atoms with Crippen LogP contribution in [-0.4, -0.2) is 43.7 Å². The maximum Gasteiger partial charge on any atom is 0.253 e. The number of benzene rings is 2. The zero-order valence-electron chi connectivity index (χ0n) is 17.8. The second kappa shape index (κ2) is 9.97. The number of anilines is 1. The summed E-state index contributed by atoms with van der Waals surface area (Å²) in [5.74, 6) is -1.64. The second-order valence-corrected chi connectivity index (χ2v) is 10.3. The van der Waals surface area contributed by atoms with Gasteiger partial charge in [-0.05, 0) is 57.0 Å². The van der Waals surface area contributed by atoms with E-state index in [4.69, 9.17) is 11.6 Å². The van der Waals surface area contributed by atoms with Gasteiger partial charge >= 0.3 is 0 Å². The number of halogens is 2. The Bertz CT molecular complexity index is 1120. The monoisotopic (exact) mass is 481 g/mol. The topological polar surface area (TPSA) is 95.6 Å². The van der Waals surface area contributed by atoms with E-state index in [1.165, 1.54) is 10.4 Å². The SMILES string of the molecule is CC(C)NC(=O)c1ccccc1NC(=O)C1CCN(S(=O)(=O)c2ccc(F)c(Cl)c2)CC1. The van der Waals surface area contributed by atoms with Crippen LogP contribution in [0.5, 0.6) is 0 Å². The minimum absolute atomic E-state index is 0.0477. The van der Waals surface area contributed by atoms with E-state index in [0.29, 0.717) is 24.1 Å². The molecule has 2 N–H and O–H groups in total. The molecule has 1 aliphatic rings. The summed E-state index contributed by atoms with van der Waals surface area (Å²) < 4.78 is 40.3. The van der Waals surface area contributed by atoms with Gasteiger partial charge in [0.15, 0.2) is 0 Å². The molecule has 2 aromatic rings. The lowest BCUT2D eigenvalue weighted by Crippen LogP contribution is -2.41. The third kappa shape index (κ3) is 5.46. The van der Waals surface area contributed by atoms with Gasteiger partial charge in [0.2, 0.25) is 15.9 Å². The highest BCUT2D eigenvalue weighted by Gasteiger charge is 2.32. The van der Waals surface area contributed by atoms with Crippen LogP contribution in [0.4, 0.5) is 10.1 Å². The van der Waals surface area contributed by atoms with Gasteiger partial charge in [0.25, 0.3) is 5.91 Å². The van der Waals surface area contributed by atoms with Crippen LogP contribution in [0.3, 0.4) is 0 Å². The molecule has 0 saturated carbocycles. The third-order valence-corrected chi connectivity index (χ3v) is 7.39. The van der Waals surface area contributed by atoms with Crippen molar-refractivity contribution in [2.24, 2.45) is 5.92 Å². The Balaban J connectivity index is 1.65. The first-order valence-electron chi connectivity index (χ1n) is 10.3. The fourth-order valence-electron chi connectivity index (χ4n) is 3.51. The lowest BCUT2D eigenvalue weighted by Gasteiger charge is -2.30. The van der Waals surface area contributed by atoms with Crippen molar-refractivity contribution in [1.29, 1.82) is 0 Å². The van der Waals surface area contributed by atoms with Gasteiger partial charge in [0.1, 0.15) is 5.82 Å². The Labute approximate surface area is 192 Å². The van der Waals surface area contributed by atoms with Crippen molar-refractivity contribution < 1.29 is 22.4 Å². The maximum absolute atomic E-state index is 13.4. The van der Waals surface area contributed by atoms with Crippen molar-refractivity contribution in [3.05, 3.63) is 58.9 Å². The van der Waals surface area contributed by atoms with E-state index < -0.39 is 21.8 Å². The standard InChI is InChI=1S/C22H25ClFN3O4S/c1-14(2)25-22(29)17-5-3-4-6-20(17)26-21(28)15-9-11-27(12-10-15)32(30,31)16-7-8-19(24)18(23)13-16/h3-8,13-15H,9-12H2,1-2H3,(H,25,29)(H,26,28). The molecule has 0 aliphatic carbocycles. The van der Waals surface area contributed by atoms with Gasteiger partial charge in [-0.15, -0.1) is 0 Å². The molecule has 10 heteroatoms. The Kier molecular flexibility index (Phi) is 7.53. The molecule has 0 aromatic heterocycles. The molecule has 1 fully saturated rings. The molecule has 2 aromatic carbocycles. The number of para-hydroxylation sites is 1. The molecule has 1 aliphatic heterocycles. The minimum atomic E-state index is -3.84. The molecule has 2 amide bonds. The van der Waals surface area contributed by atoms with E-state index >= 15 is 0 Å². The summed E-state index contributed by atoms with van der Waals surface area (Å²) in [6.07, 6.45) is 0.640. The third-order valence-electron chi connectivity index (χ3n) is 5.20. The molecule has 1 saturated heterocycles. The zero-order chi connectivity index (χ0) is 23.5. The molecule has 0 spiro atoms. The molecule has 7 nitrogen and oxygen atoms in total. The molecule has 0 atom stereocenters. The number of nitrogens with zero attached hydrogens (tertiary/aromatic N) is 1. The number of hydrogen-bond donors (Lipinski definition) is 2. The van der Waals surface area contributed by atoms with Crippen molar-refractivity contribution in [3.63, 3.8) is 0 Å². The summed E-state index contributed by atoms with van der Waals surface area (Å²) in [5.41, 5.74) is 0.773. The van der Waals surface area contributed by atoms with E-state index in [-0.39, 0.29) is 40.9 Å². The van der Waals surface area contributed by atoms with Crippen LogP contribution in [0, 0.1) is 11.7 Å². The van der Waals surface area contributed by atoms with Crippen LogP contribution in [0.1, 0.15) is 37.0 Å². The molecular formula is C22H25ClFN3O4S. The van der Waals surface area contributed by atoms with Gasteiger partial charge in [-0.1, -0.05) is 23.7 Å². The van der Waals surface area contributed by atoms with Gasteiger partial charge in [-0.3, -0.25) is 9.59 Å². The first kappa shape index (κ1) is 24.2. The number of carbonyl (C=O) groups excluding carboxylic acids is 2. The van der Waals surface area contributed by atoms with Crippen LogP contribution in [0.25, 0.3) is 0 Å². The van der Waals surface area contributed by atoms with E-state index in [0.717, 1.165) is 12.1 Å². The number of rotatable bonds is 6. The first-order valence-corrected chi connectivity index (χ1v) is 12.1. The predicted octanol–water partition coefficient (Wildman–Crippen LogP) is 3.66. The number of sulfonamides is 1. The number of nitrogens with one attached hydrogen (secondary N) is 2. The average molecular weight is 482 g/mol. The fraction of sp³-hybridized carbons (Fsp3) is 0.364. The van der Waals surface area contributed by atoms with Gasteiger partial charge in [-0.25, -0.2) is 12.8 Å². The zero-order valence-corrected chi connectivity index (χ0v) is 19.3. The molecule has 0 bridgehead atoms. The number of hydrogen-bond acceptors (Lipinski definition) is 4. The van der Waals surface area contributed by atoms with Crippen LogP contribution in [0.15, 0.2) is 47.4 Å². The Morgan fingerprint density at radius 3 is 2.41 bits per heavy atom. The molecule has 172 valence electrons. The molecule has 3 rings (SSSR count). The van der Waals surface area contributed by atoms with Crippen LogP contribution >= 0.6 is 11.6 Å². The molecular weight excluding hydrogens is 457 g/mol. The van der Waals surface area contributed by atoms with Gasteiger partial charge in [0, 0.05) is 25.0 Å². The maximum atomic E-state index is 13.4. The fourth-order valence-corrected chi connectivity index (χ4v) is 5.25. The van der Waals surface area contributed by atoms with E-state index in [1.54, 1.807) is 24.3 Å². The van der Waals surface area contributed by atoms with Gasteiger partial charge < -0.3 is 10.6 Å².